The molecule has 0 aliphatic carbocycles. The first-order valence-corrected chi connectivity index (χ1v) is 4.83. The number of aliphatic imine (C=N–C) groups is 1. The van der Waals surface area contributed by atoms with Crippen LogP contribution in [0.2, 0.25) is 0 Å². The minimum atomic E-state index is -0.946. The van der Waals surface area contributed by atoms with E-state index in [1.54, 1.807) is 6.21 Å². The number of aliphatic carboxylic acids is 1. The highest BCUT2D eigenvalue weighted by molar-refractivity contribution is 8.04. The summed E-state index contributed by atoms with van der Waals surface area (Å²) < 4.78 is 0. The van der Waals surface area contributed by atoms with Crippen molar-refractivity contribution in [3.63, 3.8) is 0 Å². The molecule has 1 N–H and O–H groups in total. The van der Waals surface area contributed by atoms with Gasteiger partial charge in [-0.05, 0) is 12.1 Å². The van der Waals surface area contributed by atoms with Crippen LogP contribution < -0.4 is 0 Å². The monoisotopic (exact) mass is 205 g/mol. The van der Waals surface area contributed by atoms with E-state index in [0.29, 0.717) is 4.91 Å². The average molecular weight is 205 g/mol. The number of hydrogen-bond acceptors (Lipinski definition) is 3. The van der Waals surface area contributed by atoms with Crippen molar-refractivity contribution in [2.45, 2.75) is 4.90 Å². The molecule has 2 rings (SSSR count). The largest absolute Gasteiger partial charge is 0.478 e. The number of thioether (sulfide) groups is 1. The first-order valence-electron chi connectivity index (χ1n) is 4.01. The van der Waals surface area contributed by atoms with E-state index in [1.807, 2.05) is 24.3 Å². The summed E-state index contributed by atoms with van der Waals surface area (Å²) >= 11 is 1.42. The molecular weight excluding hydrogens is 198 g/mol. The van der Waals surface area contributed by atoms with E-state index < -0.39 is 5.97 Å². The van der Waals surface area contributed by atoms with Gasteiger partial charge in [0, 0.05) is 22.1 Å². The van der Waals surface area contributed by atoms with E-state index in [4.69, 9.17) is 5.11 Å². The van der Waals surface area contributed by atoms with E-state index in [0.717, 1.165) is 16.7 Å². The van der Waals surface area contributed by atoms with Crippen molar-refractivity contribution in [2.75, 3.05) is 0 Å². The molecule has 1 aromatic carbocycles. The summed E-state index contributed by atoms with van der Waals surface area (Å²) in [5.41, 5.74) is 0.889. The smallest absolute Gasteiger partial charge is 0.329 e. The van der Waals surface area contributed by atoms with Gasteiger partial charge in [0.15, 0.2) is 0 Å². The molecule has 14 heavy (non-hydrogen) atoms. The molecule has 1 heterocycles. The molecule has 0 unspecified atom stereocenters. The fourth-order valence-electron chi connectivity index (χ4n) is 1.13. The van der Waals surface area contributed by atoms with Crippen molar-refractivity contribution in [3.05, 3.63) is 35.2 Å². The Balaban J connectivity index is 2.34. The van der Waals surface area contributed by atoms with Crippen LogP contribution in [0.4, 0.5) is 5.69 Å². The van der Waals surface area contributed by atoms with Gasteiger partial charge in [-0.25, -0.2) is 4.79 Å². The molecule has 0 atom stereocenters. The van der Waals surface area contributed by atoms with Gasteiger partial charge in [-0.2, -0.15) is 0 Å². The second kappa shape index (κ2) is 3.67. The second-order valence-electron chi connectivity index (χ2n) is 2.71. The Labute approximate surface area is 85.2 Å². The average Bonchev–Trinajstić information content (AvgIpc) is 2.17. The van der Waals surface area contributed by atoms with Gasteiger partial charge in [0.1, 0.15) is 0 Å². The number of para-hydroxylation sites is 1. The number of nitrogens with zero attached hydrogens (tertiary/aromatic N) is 1. The maximum absolute atomic E-state index is 10.4. The molecule has 4 heteroatoms. The summed E-state index contributed by atoms with van der Waals surface area (Å²) in [4.78, 5) is 16.2. The summed E-state index contributed by atoms with van der Waals surface area (Å²) in [6.07, 6.45) is 2.73. The number of carbonyl (C=O) groups is 1. The van der Waals surface area contributed by atoms with E-state index in [-0.39, 0.29) is 0 Å². The Morgan fingerprint density at radius 1 is 1.43 bits per heavy atom. The molecule has 0 saturated carbocycles. The van der Waals surface area contributed by atoms with Crippen LogP contribution in [0.15, 0.2) is 45.1 Å². The summed E-state index contributed by atoms with van der Waals surface area (Å²) in [7, 11) is 0. The van der Waals surface area contributed by atoms with Crippen LogP contribution in [0.3, 0.4) is 0 Å². The summed E-state index contributed by atoms with van der Waals surface area (Å²) in [6, 6.07) is 7.64. The Hall–Kier alpha value is -1.55. The number of allylic oxidation sites excluding steroid dienone is 1. The highest BCUT2D eigenvalue weighted by atomic mass is 32.2. The number of carboxylic acid groups (broad SMARTS) is 1. The minimum absolute atomic E-state index is 0.649. The minimum Gasteiger partial charge on any atom is -0.478 e. The Morgan fingerprint density at radius 3 is 3.00 bits per heavy atom. The first-order chi connectivity index (χ1) is 6.75. The third-order valence-electron chi connectivity index (χ3n) is 1.69. The van der Waals surface area contributed by atoms with Gasteiger partial charge >= 0.3 is 5.97 Å². The lowest BCUT2D eigenvalue weighted by molar-refractivity contribution is -0.131. The standard InChI is InChI=1S/C10H7NO2S/c12-10(13)5-7-6-11-8-3-1-2-4-9(8)14-7/h1-6H,(H,12,13). The molecule has 0 aromatic heterocycles. The highest BCUT2D eigenvalue weighted by Gasteiger charge is 2.09. The van der Waals surface area contributed by atoms with Gasteiger partial charge in [-0.15, -0.1) is 0 Å². The molecule has 70 valence electrons. The number of carboxylic acids is 1. The first kappa shape index (κ1) is 9.02. The maximum Gasteiger partial charge on any atom is 0.329 e. The zero-order valence-corrected chi connectivity index (χ0v) is 7.99. The number of benzene rings is 1. The van der Waals surface area contributed by atoms with Crippen LogP contribution in [0.5, 0.6) is 0 Å². The van der Waals surface area contributed by atoms with Crippen LogP contribution in [-0.4, -0.2) is 17.3 Å². The van der Waals surface area contributed by atoms with Crippen molar-refractivity contribution < 1.29 is 9.90 Å². The third-order valence-corrected chi connectivity index (χ3v) is 2.71. The van der Waals surface area contributed by atoms with Crippen LogP contribution in [-0.2, 0) is 4.79 Å². The molecule has 0 radical (unpaired) electrons. The van der Waals surface area contributed by atoms with Gasteiger partial charge in [-0.1, -0.05) is 23.9 Å². The summed E-state index contributed by atoms with van der Waals surface area (Å²) in [5, 5.41) is 8.56. The highest BCUT2D eigenvalue weighted by Crippen LogP contribution is 2.37. The lowest BCUT2D eigenvalue weighted by Gasteiger charge is -2.09. The van der Waals surface area contributed by atoms with Crippen molar-refractivity contribution in [2.24, 2.45) is 4.99 Å². The molecule has 1 aromatic rings. The van der Waals surface area contributed by atoms with Gasteiger partial charge < -0.3 is 5.11 Å². The third kappa shape index (κ3) is 1.85. The molecule has 1 aliphatic rings. The van der Waals surface area contributed by atoms with Crippen molar-refractivity contribution in [1.29, 1.82) is 0 Å². The van der Waals surface area contributed by atoms with Crippen LogP contribution in [0, 0.1) is 0 Å². The van der Waals surface area contributed by atoms with E-state index in [9.17, 15) is 4.79 Å². The zero-order valence-electron chi connectivity index (χ0n) is 7.18. The topological polar surface area (TPSA) is 49.7 Å². The fraction of sp³-hybridized carbons (Fsp3) is 0. The second-order valence-corrected chi connectivity index (χ2v) is 3.83. The predicted octanol–water partition coefficient (Wildman–Crippen LogP) is 2.46. The maximum atomic E-state index is 10.4. The van der Waals surface area contributed by atoms with Crippen molar-refractivity contribution in [3.8, 4) is 0 Å². The van der Waals surface area contributed by atoms with Crippen molar-refractivity contribution in [1.82, 2.24) is 0 Å². The van der Waals surface area contributed by atoms with E-state index in [2.05, 4.69) is 4.99 Å². The lowest BCUT2D eigenvalue weighted by atomic mass is 10.3. The van der Waals surface area contributed by atoms with Gasteiger partial charge in [0.2, 0.25) is 0 Å². The molecule has 0 bridgehead atoms. The molecular formula is C10H7NO2S. The van der Waals surface area contributed by atoms with E-state index in [1.165, 1.54) is 11.8 Å². The van der Waals surface area contributed by atoms with E-state index >= 15 is 0 Å². The van der Waals surface area contributed by atoms with Crippen LogP contribution in [0.1, 0.15) is 0 Å². The number of fused-ring (bicyclic) bond motifs is 1. The molecule has 0 amide bonds. The Bertz CT molecular complexity index is 438. The SMILES string of the molecule is O=C(O)C=C1C=Nc2ccccc2S1. The van der Waals surface area contributed by atoms with Crippen molar-refractivity contribution >= 4 is 29.6 Å². The molecule has 0 spiro atoms. The Morgan fingerprint density at radius 2 is 2.21 bits per heavy atom. The Kier molecular flexibility index (Phi) is 2.37. The quantitative estimate of drug-likeness (QED) is 0.716. The lowest BCUT2D eigenvalue weighted by Crippen LogP contribution is -1.93. The fourth-order valence-corrected chi connectivity index (χ4v) is 2.02. The van der Waals surface area contributed by atoms with Gasteiger partial charge in [0.05, 0.1) is 5.69 Å². The van der Waals surface area contributed by atoms with Crippen LogP contribution in [0.25, 0.3) is 0 Å². The normalized spacial score (nSPS) is 16.7. The zero-order chi connectivity index (χ0) is 9.97. The summed E-state index contributed by atoms with van der Waals surface area (Å²) in [6.45, 7) is 0. The molecule has 0 fully saturated rings. The molecule has 1 aliphatic heterocycles. The summed E-state index contributed by atoms with van der Waals surface area (Å²) in [5.74, 6) is -0.946. The number of rotatable bonds is 1. The van der Waals surface area contributed by atoms with Crippen LogP contribution >= 0.6 is 11.8 Å². The van der Waals surface area contributed by atoms with Gasteiger partial charge in [-0.3, -0.25) is 4.99 Å². The molecule has 3 nitrogen and oxygen atoms in total. The van der Waals surface area contributed by atoms with Gasteiger partial charge in [0.25, 0.3) is 0 Å². The predicted molar refractivity (Wildman–Crippen MR) is 56.2 cm³/mol. The number of hydrogen-bond donors (Lipinski definition) is 1. The molecule has 0 saturated heterocycles.